The van der Waals surface area contributed by atoms with Gasteiger partial charge in [0.05, 0.1) is 0 Å². The van der Waals surface area contributed by atoms with E-state index in [0.29, 0.717) is 5.69 Å². The van der Waals surface area contributed by atoms with Crippen LogP contribution in [0.2, 0.25) is 0 Å². The Balaban J connectivity index is 2.96. The van der Waals surface area contributed by atoms with Gasteiger partial charge >= 0.3 is 0 Å². The van der Waals surface area contributed by atoms with Gasteiger partial charge in [-0.2, -0.15) is 9.61 Å². The Morgan fingerprint density at radius 2 is 2.50 bits per heavy atom. The lowest BCUT2D eigenvalue weighted by molar-refractivity contribution is 1.01. The van der Waals surface area contributed by atoms with Crippen molar-refractivity contribution in [2.24, 2.45) is 10.2 Å². The van der Waals surface area contributed by atoms with E-state index in [1.54, 1.807) is 18.3 Å². The predicted octanol–water partition coefficient (Wildman–Crippen LogP) is 0.336. The summed E-state index contributed by atoms with van der Waals surface area (Å²) in [5, 5.41) is 7.24. The van der Waals surface area contributed by atoms with Crippen LogP contribution >= 0.6 is 11.8 Å². The second kappa shape index (κ2) is 3.12. The quantitative estimate of drug-likeness (QED) is 0.471. The summed E-state index contributed by atoms with van der Waals surface area (Å²) in [5.41, 5.74) is 5.79. The molecule has 0 aromatic carbocycles. The number of nitrogens with zero attached hydrogens (tertiary/aromatic N) is 3. The maximum Gasteiger partial charge on any atom is 0.165 e. The third kappa shape index (κ3) is 1.41. The van der Waals surface area contributed by atoms with E-state index in [1.165, 1.54) is 0 Å². The molecule has 0 aliphatic rings. The van der Waals surface area contributed by atoms with E-state index >= 15 is 0 Å². The number of nitrogens with two attached hydrogens (primary N) is 1. The zero-order valence-electron chi connectivity index (χ0n) is 5.03. The largest absolute Gasteiger partial charge is 0.381 e. The zero-order valence-corrected chi connectivity index (χ0v) is 5.78. The minimum absolute atomic E-state index is 0.176. The fourth-order valence-corrected chi connectivity index (χ4v) is 0.568. The van der Waals surface area contributed by atoms with Crippen molar-refractivity contribution in [2.45, 2.75) is 0 Å². The van der Waals surface area contributed by atoms with E-state index in [0.717, 1.165) is 0 Å². The highest BCUT2D eigenvalue weighted by molar-refractivity contribution is 6.21. The first-order chi connectivity index (χ1) is 4.84. The zero-order chi connectivity index (χ0) is 7.40. The van der Waals surface area contributed by atoms with Crippen molar-refractivity contribution in [1.82, 2.24) is 10.2 Å². The second-order valence-electron chi connectivity index (χ2n) is 1.58. The topological polar surface area (TPSA) is 64.2 Å². The van der Waals surface area contributed by atoms with Crippen LogP contribution in [0.25, 0.3) is 0 Å². The van der Waals surface area contributed by atoms with Crippen molar-refractivity contribution < 1.29 is 0 Å². The fourth-order valence-electron chi connectivity index (χ4n) is 0.481. The Morgan fingerprint density at radius 1 is 1.70 bits per heavy atom. The van der Waals surface area contributed by atoms with Gasteiger partial charge in [-0.3, -0.25) is 0 Å². The predicted molar refractivity (Wildman–Crippen MR) is 38.6 cm³/mol. The van der Waals surface area contributed by atoms with Crippen LogP contribution in [0.5, 0.6) is 0 Å². The summed E-state index contributed by atoms with van der Waals surface area (Å²) in [5.74, 6) is 0.176. The van der Waals surface area contributed by atoms with Gasteiger partial charge in [0.1, 0.15) is 5.69 Å². The Kier molecular flexibility index (Phi) is 2.17. The van der Waals surface area contributed by atoms with Crippen molar-refractivity contribution in [3.63, 3.8) is 0 Å². The highest BCUT2D eigenvalue weighted by Gasteiger charge is 1.96. The van der Waals surface area contributed by atoms with Crippen LogP contribution in [0.3, 0.4) is 0 Å². The normalized spacial score (nSPS) is 11.5. The van der Waals surface area contributed by atoms with Gasteiger partial charge < -0.3 is 5.73 Å². The van der Waals surface area contributed by atoms with Gasteiger partial charge in [0.15, 0.2) is 5.84 Å². The molecule has 0 spiro atoms. The van der Waals surface area contributed by atoms with E-state index in [9.17, 15) is 0 Å². The standard InChI is InChI=1S/C5H5ClN4/c6-9-5(7)4-2-1-3-8-10-4/h1-3H,(H2,7,9). The molecular weight excluding hydrogens is 152 g/mol. The molecule has 0 atom stereocenters. The summed E-state index contributed by atoms with van der Waals surface area (Å²) in [6.45, 7) is 0. The third-order valence-corrected chi connectivity index (χ3v) is 1.11. The first-order valence-corrected chi connectivity index (χ1v) is 2.91. The van der Waals surface area contributed by atoms with Gasteiger partial charge in [-0.25, -0.2) is 0 Å². The molecule has 52 valence electrons. The fraction of sp³-hybridized carbons (Fsp3) is 0. The smallest absolute Gasteiger partial charge is 0.165 e. The molecule has 0 bridgehead atoms. The summed E-state index contributed by atoms with van der Waals surface area (Å²) in [7, 11) is 0. The molecular formula is C5H5ClN4. The van der Waals surface area contributed by atoms with Gasteiger partial charge in [-0.05, 0) is 12.1 Å². The SMILES string of the molecule is N/C(=N\Cl)c1cccnn1. The molecule has 0 saturated heterocycles. The molecule has 0 radical (unpaired) electrons. The molecule has 0 saturated carbocycles. The average Bonchev–Trinajstić information content (AvgIpc) is 2.05. The Labute approximate surface area is 62.9 Å². The van der Waals surface area contributed by atoms with Gasteiger partial charge in [-0.1, -0.05) is 0 Å². The molecule has 1 rings (SSSR count). The number of hydrogen-bond donors (Lipinski definition) is 1. The Hall–Kier alpha value is -1.16. The molecule has 0 unspecified atom stereocenters. The molecule has 10 heavy (non-hydrogen) atoms. The molecule has 4 nitrogen and oxygen atoms in total. The van der Waals surface area contributed by atoms with Crippen molar-refractivity contribution in [2.75, 3.05) is 0 Å². The molecule has 5 heteroatoms. The van der Waals surface area contributed by atoms with Crippen LogP contribution in [-0.2, 0) is 0 Å². The molecule has 0 amide bonds. The van der Waals surface area contributed by atoms with E-state index in [4.69, 9.17) is 17.5 Å². The van der Waals surface area contributed by atoms with Gasteiger partial charge in [0.25, 0.3) is 0 Å². The summed E-state index contributed by atoms with van der Waals surface area (Å²) in [6, 6.07) is 3.38. The molecule has 2 N–H and O–H groups in total. The summed E-state index contributed by atoms with van der Waals surface area (Å²) >= 11 is 5.08. The molecule has 0 aliphatic heterocycles. The van der Waals surface area contributed by atoms with Crippen molar-refractivity contribution in [3.8, 4) is 0 Å². The molecule has 1 heterocycles. The lowest BCUT2D eigenvalue weighted by Crippen LogP contribution is -2.14. The highest BCUT2D eigenvalue weighted by Crippen LogP contribution is 1.91. The van der Waals surface area contributed by atoms with Crippen molar-refractivity contribution >= 4 is 17.6 Å². The molecule has 1 aromatic rings. The molecule has 0 fully saturated rings. The Bertz CT molecular complexity index is 233. The maximum atomic E-state index is 5.31. The number of aromatic nitrogens is 2. The van der Waals surface area contributed by atoms with Crippen LogP contribution in [-0.4, -0.2) is 16.0 Å². The number of rotatable bonds is 1. The maximum absolute atomic E-state index is 5.31. The van der Waals surface area contributed by atoms with Crippen LogP contribution < -0.4 is 5.73 Å². The van der Waals surface area contributed by atoms with Crippen LogP contribution in [0.15, 0.2) is 22.8 Å². The molecule has 0 aliphatic carbocycles. The van der Waals surface area contributed by atoms with Gasteiger partial charge in [0, 0.05) is 18.0 Å². The van der Waals surface area contributed by atoms with Gasteiger partial charge in [0.2, 0.25) is 0 Å². The van der Waals surface area contributed by atoms with E-state index in [-0.39, 0.29) is 5.84 Å². The van der Waals surface area contributed by atoms with Crippen LogP contribution in [0, 0.1) is 0 Å². The van der Waals surface area contributed by atoms with Gasteiger partial charge in [-0.15, -0.1) is 5.10 Å². The lowest BCUT2D eigenvalue weighted by atomic mass is 10.4. The second-order valence-corrected chi connectivity index (χ2v) is 1.75. The Morgan fingerprint density at radius 3 is 3.00 bits per heavy atom. The molecule has 1 aromatic heterocycles. The van der Waals surface area contributed by atoms with E-state index in [1.807, 2.05) is 0 Å². The number of amidine groups is 1. The minimum atomic E-state index is 0.176. The first-order valence-electron chi connectivity index (χ1n) is 2.57. The number of hydrogen-bond acceptors (Lipinski definition) is 3. The third-order valence-electron chi connectivity index (χ3n) is 0.926. The summed E-state index contributed by atoms with van der Waals surface area (Å²) < 4.78 is 3.22. The average molecular weight is 157 g/mol. The minimum Gasteiger partial charge on any atom is -0.381 e. The first kappa shape index (κ1) is 6.95. The number of halogens is 1. The lowest BCUT2D eigenvalue weighted by Gasteiger charge is -1.92. The van der Waals surface area contributed by atoms with Crippen molar-refractivity contribution in [3.05, 3.63) is 24.0 Å². The van der Waals surface area contributed by atoms with Crippen LogP contribution in [0.1, 0.15) is 5.69 Å². The van der Waals surface area contributed by atoms with E-state index < -0.39 is 0 Å². The van der Waals surface area contributed by atoms with Crippen molar-refractivity contribution in [1.29, 1.82) is 0 Å². The van der Waals surface area contributed by atoms with E-state index in [2.05, 4.69) is 14.7 Å². The summed E-state index contributed by atoms with van der Waals surface area (Å²) in [4.78, 5) is 0. The monoisotopic (exact) mass is 156 g/mol. The van der Waals surface area contributed by atoms with Crippen LogP contribution in [0.4, 0.5) is 0 Å². The summed E-state index contributed by atoms with van der Waals surface area (Å²) in [6.07, 6.45) is 1.55. The highest BCUT2D eigenvalue weighted by atomic mass is 35.5.